The highest BCUT2D eigenvalue weighted by Gasteiger charge is 2.30. The standard InChI is InChI=1S/C29H38N4O3/c1-21(2)18-27(34)33-15-7-14-32(16-17-33)26-13-12-24(30-28(35)23-10-11-23)19-25(26)29(36)31(3)20-22-8-5-4-6-9-22/h4-6,8-9,12-13,19,21,23H,7,10-11,14-18,20H2,1-3H3,(H,30,35). The molecule has 4 rings (SSSR count). The Bertz CT molecular complexity index is 1080. The van der Waals surface area contributed by atoms with Crippen LogP contribution in [0.5, 0.6) is 0 Å². The number of hydrogen-bond acceptors (Lipinski definition) is 4. The fourth-order valence-corrected chi connectivity index (χ4v) is 4.67. The minimum absolute atomic E-state index is 0.0212. The SMILES string of the molecule is CC(C)CC(=O)N1CCCN(c2ccc(NC(=O)C3CC3)cc2C(=O)N(C)Cc2ccccc2)CC1. The van der Waals surface area contributed by atoms with Crippen molar-refractivity contribution in [3.05, 3.63) is 59.7 Å². The molecule has 3 amide bonds. The number of carbonyl (C=O) groups is 3. The van der Waals surface area contributed by atoms with Crippen LogP contribution in [0.3, 0.4) is 0 Å². The summed E-state index contributed by atoms with van der Waals surface area (Å²) < 4.78 is 0. The van der Waals surface area contributed by atoms with E-state index in [-0.39, 0.29) is 23.6 Å². The third-order valence-electron chi connectivity index (χ3n) is 6.82. The van der Waals surface area contributed by atoms with Gasteiger partial charge >= 0.3 is 0 Å². The molecule has 2 fully saturated rings. The summed E-state index contributed by atoms with van der Waals surface area (Å²) in [5, 5.41) is 2.99. The first-order valence-corrected chi connectivity index (χ1v) is 13.1. The molecule has 0 spiro atoms. The molecule has 0 atom stereocenters. The smallest absolute Gasteiger partial charge is 0.256 e. The van der Waals surface area contributed by atoms with Gasteiger partial charge in [0.05, 0.1) is 5.56 Å². The number of nitrogens with zero attached hydrogens (tertiary/aromatic N) is 3. The number of carbonyl (C=O) groups excluding carboxylic acids is 3. The molecular weight excluding hydrogens is 452 g/mol. The van der Waals surface area contributed by atoms with Crippen LogP contribution in [-0.4, -0.2) is 60.7 Å². The Morgan fingerprint density at radius 1 is 1.00 bits per heavy atom. The van der Waals surface area contributed by atoms with Crippen molar-refractivity contribution in [3.8, 4) is 0 Å². The van der Waals surface area contributed by atoms with E-state index >= 15 is 0 Å². The summed E-state index contributed by atoms with van der Waals surface area (Å²) in [4.78, 5) is 44.6. The highest BCUT2D eigenvalue weighted by Crippen LogP contribution is 2.32. The highest BCUT2D eigenvalue weighted by atomic mass is 16.2. The van der Waals surface area contributed by atoms with Gasteiger partial charge in [-0.2, -0.15) is 0 Å². The molecule has 36 heavy (non-hydrogen) atoms. The number of benzene rings is 2. The van der Waals surface area contributed by atoms with Gasteiger partial charge in [-0.05, 0) is 48.9 Å². The Balaban J connectivity index is 1.56. The summed E-state index contributed by atoms with van der Waals surface area (Å²) >= 11 is 0. The first kappa shape index (κ1) is 25.7. The average molecular weight is 491 g/mol. The van der Waals surface area contributed by atoms with Gasteiger partial charge in [0, 0.05) is 63.5 Å². The topological polar surface area (TPSA) is 73.0 Å². The third-order valence-corrected chi connectivity index (χ3v) is 6.82. The van der Waals surface area contributed by atoms with Crippen LogP contribution in [0.1, 0.15) is 55.5 Å². The molecule has 1 aliphatic heterocycles. The van der Waals surface area contributed by atoms with Gasteiger partial charge in [0.15, 0.2) is 0 Å². The second-order valence-electron chi connectivity index (χ2n) is 10.5. The summed E-state index contributed by atoms with van der Waals surface area (Å²) in [5.41, 5.74) is 3.13. The summed E-state index contributed by atoms with van der Waals surface area (Å²) in [6, 6.07) is 15.6. The third kappa shape index (κ3) is 6.65. The number of amides is 3. The first-order valence-electron chi connectivity index (χ1n) is 13.1. The lowest BCUT2D eigenvalue weighted by atomic mass is 10.1. The molecule has 1 saturated heterocycles. The summed E-state index contributed by atoms with van der Waals surface area (Å²) in [6.45, 7) is 7.43. The lowest BCUT2D eigenvalue weighted by molar-refractivity contribution is -0.131. The molecule has 1 aliphatic carbocycles. The quantitative estimate of drug-likeness (QED) is 0.596. The normalized spacial score (nSPS) is 16.0. The van der Waals surface area contributed by atoms with Crippen LogP contribution in [0.15, 0.2) is 48.5 Å². The van der Waals surface area contributed by atoms with E-state index < -0.39 is 0 Å². The predicted octanol–water partition coefficient (Wildman–Crippen LogP) is 4.39. The molecule has 2 aromatic carbocycles. The molecule has 192 valence electrons. The zero-order valence-electron chi connectivity index (χ0n) is 21.7. The van der Waals surface area contributed by atoms with Crippen LogP contribution in [0, 0.1) is 11.8 Å². The van der Waals surface area contributed by atoms with Crippen LogP contribution in [0.4, 0.5) is 11.4 Å². The van der Waals surface area contributed by atoms with Crippen molar-refractivity contribution in [1.29, 1.82) is 0 Å². The lowest BCUT2D eigenvalue weighted by Gasteiger charge is -2.28. The molecule has 0 bridgehead atoms. The van der Waals surface area contributed by atoms with E-state index in [1.807, 2.05) is 60.5 Å². The van der Waals surface area contributed by atoms with E-state index in [4.69, 9.17) is 0 Å². The van der Waals surface area contributed by atoms with Crippen molar-refractivity contribution in [2.45, 2.75) is 46.1 Å². The largest absolute Gasteiger partial charge is 0.369 e. The molecule has 7 heteroatoms. The van der Waals surface area contributed by atoms with Crippen LogP contribution in [-0.2, 0) is 16.1 Å². The van der Waals surface area contributed by atoms with Crippen LogP contribution in [0.25, 0.3) is 0 Å². The van der Waals surface area contributed by atoms with Crippen molar-refractivity contribution < 1.29 is 14.4 Å². The molecule has 2 aliphatic rings. The van der Waals surface area contributed by atoms with Gasteiger partial charge in [-0.15, -0.1) is 0 Å². The second kappa shape index (κ2) is 11.6. The summed E-state index contributed by atoms with van der Waals surface area (Å²) in [6.07, 6.45) is 3.26. The molecule has 1 saturated carbocycles. The van der Waals surface area contributed by atoms with E-state index in [0.29, 0.717) is 43.2 Å². The fraction of sp³-hybridized carbons (Fsp3) is 0.483. The predicted molar refractivity (Wildman–Crippen MR) is 143 cm³/mol. The monoisotopic (exact) mass is 490 g/mol. The zero-order chi connectivity index (χ0) is 25.7. The second-order valence-corrected chi connectivity index (χ2v) is 10.5. The van der Waals surface area contributed by atoms with Gasteiger partial charge in [-0.1, -0.05) is 44.2 Å². The number of hydrogen-bond donors (Lipinski definition) is 1. The van der Waals surface area contributed by atoms with Crippen molar-refractivity contribution in [1.82, 2.24) is 9.80 Å². The maximum Gasteiger partial charge on any atom is 0.256 e. The Kier molecular flexibility index (Phi) is 8.28. The summed E-state index contributed by atoms with van der Waals surface area (Å²) in [7, 11) is 1.81. The Labute approximate surface area is 214 Å². The van der Waals surface area contributed by atoms with E-state index in [1.165, 1.54) is 0 Å². The maximum absolute atomic E-state index is 13.7. The minimum atomic E-state index is -0.0895. The molecule has 1 heterocycles. The Morgan fingerprint density at radius 3 is 2.44 bits per heavy atom. The molecule has 1 N–H and O–H groups in total. The van der Waals surface area contributed by atoms with E-state index in [0.717, 1.165) is 43.6 Å². The van der Waals surface area contributed by atoms with Gasteiger partial charge in [-0.3, -0.25) is 14.4 Å². The maximum atomic E-state index is 13.7. The van der Waals surface area contributed by atoms with Crippen LogP contribution >= 0.6 is 0 Å². The molecule has 0 unspecified atom stereocenters. The lowest BCUT2D eigenvalue weighted by Crippen LogP contribution is -2.36. The molecule has 2 aromatic rings. The van der Waals surface area contributed by atoms with Gasteiger partial charge in [0.25, 0.3) is 5.91 Å². The first-order chi connectivity index (χ1) is 17.3. The number of nitrogens with one attached hydrogen (secondary N) is 1. The molecule has 7 nitrogen and oxygen atoms in total. The van der Waals surface area contributed by atoms with Gasteiger partial charge in [0.2, 0.25) is 11.8 Å². The van der Waals surface area contributed by atoms with E-state index in [1.54, 1.807) is 4.90 Å². The van der Waals surface area contributed by atoms with Crippen molar-refractivity contribution in [2.24, 2.45) is 11.8 Å². The minimum Gasteiger partial charge on any atom is -0.369 e. The van der Waals surface area contributed by atoms with Gasteiger partial charge in [0.1, 0.15) is 0 Å². The average Bonchev–Trinajstić information content (AvgIpc) is 3.71. The molecule has 0 aromatic heterocycles. The van der Waals surface area contributed by atoms with E-state index in [2.05, 4.69) is 24.1 Å². The molecule has 0 radical (unpaired) electrons. The van der Waals surface area contributed by atoms with Crippen LogP contribution in [0.2, 0.25) is 0 Å². The Hall–Kier alpha value is -3.35. The van der Waals surface area contributed by atoms with Crippen LogP contribution < -0.4 is 10.2 Å². The summed E-state index contributed by atoms with van der Waals surface area (Å²) in [5.74, 6) is 0.550. The number of rotatable bonds is 8. The zero-order valence-corrected chi connectivity index (χ0v) is 21.7. The Morgan fingerprint density at radius 2 is 1.75 bits per heavy atom. The molecular formula is C29H38N4O3. The van der Waals surface area contributed by atoms with Crippen molar-refractivity contribution in [3.63, 3.8) is 0 Å². The van der Waals surface area contributed by atoms with Gasteiger partial charge in [-0.25, -0.2) is 0 Å². The van der Waals surface area contributed by atoms with Gasteiger partial charge < -0.3 is 20.0 Å². The van der Waals surface area contributed by atoms with E-state index in [9.17, 15) is 14.4 Å². The van der Waals surface area contributed by atoms with Crippen molar-refractivity contribution >= 4 is 29.1 Å². The van der Waals surface area contributed by atoms with Crippen molar-refractivity contribution in [2.75, 3.05) is 43.4 Å². The fourth-order valence-electron chi connectivity index (χ4n) is 4.67. The number of anilines is 2. The highest BCUT2D eigenvalue weighted by molar-refractivity contribution is 6.02.